The Morgan fingerprint density at radius 1 is 1.29 bits per heavy atom. The summed E-state index contributed by atoms with van der Waals surface area (Å²) in [6.07, 6.45) is 1.21. The van der Waals surface area contributed by atoms with Crippen LogP contribution in [0.1, 0.15) is 37.2 Å². The number of rotatable bonds is 8. The summed E-state index contributed by atoms with van der Waals surface area (Å²) in [5.41, 5.74) is 3.87. The van der Waals surface area contributed by atoms with Crippen LogP contribution in [0.2, 0.25) is 0 Å². The van der Waals surface area contributed by atoms with Gasteiger partial charge in [0.25, 0.3) is 0 Å². The number of hydrogen-bond acceptors (Lipinski definition) is 3. The Hall–Kier alpha value is -0.480. The molecule has 0 aliphatic carbocycles. The lowest BCUT2D eigenvalue weighted by Crippen LogP contribution is -2.13. The summed E-state index contributed by atoms with van der Waals surface area (Å²) < 4.78 is 2.16. The third kappa shape index (κ3) is 4.36. The monoisotopic (exact) mass is 255 g/mol. The van der Waals surface area contributed by atoms with E-state index in [1.165, 1.54) is 34.9 Å². The lowest BCUT2D eigenvalue weighted by Gasteiger charge is -2.05. The quantitative estimate of drug-likeness (QED) is 0.724. The molecule has 0 aromatic carbocycles. The number of hydrogen-bond donors (Lipinski definition) is 1. The van der Waals surface area contributed by atoms with Crippen molar-refractivity contribution in [1.82, 2.24) is 15.1 Å². The van der Waals surface area contributed by atoms with Crippen molar-refractivity contribution in [2.24, 2.45) is 0 Å². The third-order valence-electron chi connectivity index (χ3n) is 2.95. The molecule has 1 aromatic heterocycles. The summed E-state index contributed by atoms with van der Waals surface area (Å²) >= 11 is 2.00. The molecule has 17 heavy (non-hydrogen) atoms. The summed E-state index contributed by atoms with van der Waals surface area (Å²) in [7, 11) is 0. The van der Waals surface area contributed by atoms with Gasteiger partial charge in [0.05, 0.1) is 5.69 Å². The molecule has 98 valence electrons. The smallest absolute Gasteiger partial charge is 0.0641 e. The van der Waals surface area contributed by atoms with E-state index in [0.717, 1.165) is 19.6 Å². The Morgan fingerprint density at radius 3 is 2.71 bits per heavy atom. The minimum atomic E-state index is 0.942. The van der Waals surface area contributed by atoms with Crippen LogP contribution in [-0.2, 0) is 13.1 Å². The fourth-order valence-corrected chi connectivity index (χ4v) is 2.54. The lowest BCUT2D eigenvalue weighted by molar-refractivity contribution is 0.585. The number of nitrogens with one attached hydrogen (secondary N) is 1. The van der Waals surface area contributed by atoms with Gasteiger partial charge in [-0.15, -0.1) is 0 Å². The van der Waals surface area contributed by atoms with Crippen LogP contribution in [0.4, 0.5) is 0 Å². The summed E-state index contributed by atoms with van der Waals surface area (Å²) in [5.74, 6) is 2.44. The van der Waals surface area contributed by atoms with Crippen LogP contribution in [-0.4, -0.2) is 27.8 Å². The summed E-state index contributed by atoms with van der Waals surface area (Å²) in [6.45, 7) is 11.6. The molecular formula is C13H25N3S. The molecule has 0 spiro atoms. The molecular weight excluding hydrogens is 230 g/mol. The average molecular weight is 255 g/mol. The van der Waals surface area contributed by atoms with Gasteiger partial charge in [-0.25, -0.2) is 0 Å². The fraction of sp³-hybridized carbons (Fsp3) is 0.769. The van der Waals surface area contributed by atoms with Crippen LogP contribution in [0.5, 0.6) is 0 Å². The molecule has 1 N–H and O–H groups in total. The minimum absolute atomic E-state index is 0.942. The largest absolute Gasteiger partial charge is 0.313 e. The van der Waals surface area contributed by atoms with Crippen molar-refractivity contribution in [2.75, 3.05) is 18.1 Å². The maximum absolute atomic E-state index is 4.63. The number of aryl methyl sites for hydroxylation is 2. The van der Waals surface area contributed by atoms with Crippen LogP contribution in [0.15, 0.2) is 0 Å². The number of aromatic nitrogens is 2. The van der Waals surface area contributed by atoms with Crippen molar-refractivity contribution in [3.8, 4) is 0 Å². The van der Waals surface area contributed by atoms with E-state index in [9.17, 15) is 0 Å². The molecule has 0 fully saturated rings. The van der Waals surface area contributed by atoms with E-state index < -0.39 is 0 Å². The van der Waals surface area contributed by atoms with Gasteiger partial charge in [-0.3, -0.25) is 4.68 Å². The molecule has 1 aromatic rings. The first kappa shape index (κ1) is 14.6. The molecule has 0 atom stereocenters. The molecule has 1 rings (SSSR count). The second-order valence-corrected chi connectivity index (χ2v) is 5.60. The highest BCUT2D eigenvalue weighted by molar-refractivity contribution is 7.99. The third-order valence-corrected chi connectivity index (χ3v) is 3.93. The van der Waals surface area contributed by atoms with Crippen LogP contribution in [0, 0.1) is 13.8 Å². The maximum Gasteiger partial charge on any atom is 0.0641 e. The molecule has 0 bridgehead atoms. The van der Waals surface area contributed by atoms with Crippen molar-refractivity contribution in [3.05, 3.63) is 17.0 Å². The van der Waals surface area contributed by atoms with Crippen LogP contribution < -0.4 is 5.32 Å². The second kappa shape index (κ2) is 7.77. The van der Waals surface area contributed by atoms with Crippen molar-refractivity contribution in [1.29, 1.82) is 0 Å². The van der Waals surface area contributed by atoms with E-state index >= 15 is 0 Å². The molecule has 0 saturated heterocycles. The van der Waals surface area contributed by atoms with Crippen LogP contribution >= 0.6 is 11.8 Å². The second-order valence-electron chi connectivity index (χ2n) is 4.20. The van der Waals surface area contributed by atoms with Gasteiger partial charge in [0.2, 0.25) is 0 Å². The van der Waals surface area contributed by atoms with E-state index in [0.29, 0.717) is 0 Å². The van der Waals surface area contributed by atoms with E-state index in [1.807, 2.05) is 11.8 Å². The maximum atomic E-state index is 4.63. The first-order chi connectivity index (χ1) is 8.20. The first-order valence-corrected chi connectivity index (χ1v) is 7.67. The molecule has 0 radical (unpaired) electrons. The van der Waals surface area contributed by atoms with Crippen molar-refractivity contribution >= 4 is 11.8 Å². The predicted octanol–water partition coefficient (Wildman–Crippen LogP) is 2.75. The average Bonchev–Trinajstić information content (AvgIpc) is 2.58. The Kier molecular flexibility index (Phi) is 6.66. The topological polar surface area (TPSA) is 29.9 Å². The Balaban J connectivity index is 2.55. The van der Waals surface area contributed by atoms with Crippen LogP contribution in [0.25, 0.3) is 0 Å². The van der Waals surface area contributed by atoms with E-state index in [1.54, 1.807) is 0 Å². The molecule has 3 nitrogen and oxygen atoms in total. The number of nitrogens with zero attached hydrogens (tertiary/aromatic N) is 2. The standard InChI is InChI=1S/C13H25N3S/c1-5-14-10-13-11(3)15-16(12(13)4)8-7-9-17-6-2/h14H,5-10H2,1-4H3. The van der Waals surface area contributed by atoms with Crippen molar-refractivity contribution in [3.63, 3.8) is 0 Å². The van der Waals surface area contributed by atoms with Gasteiger partial charge in [0.1, 0.15) is 0 Å². The van der Waals surface area contributed by atoms with Gasteiger partial charge < -0.3 is 5.32 Å². The highest BCUT2D eigenvalue weighted by atomic mass is 32.2. The van der Waals surface area contributed by atoms with E-state index in [2.05, 4.69) is 42.8 Å². The van der Waals surface area contributed by atoms with Gasteiger partial charge in [-0.1, -0.05) is 13.8 Å². The Bertz CT molecular complexity index is 334. The van der Waals surface area contributed by atoms with E-state index in [-0.39, 0.29) is 0 Å². The molecule has 0 aliphatic rings. The van der Waals surface area contributed by atoms with Crippen molar-refractivity contribution < 1.29 is 0 Å². The zero-order chi connectivity index (χ0) is 12.7. The van der Waals surface area contributed by atoms with Gasteiger partial charge in [0, 0.05) is 24.3 Å². The van der Waals surface area contributed by atoms with Crippen LogP contribution in [0.3, 0.4) is 0 Å². The molecule has 1 heterocycles. The zero-order valence-electron chi connectivity index (χ0n) is 11.5. The lowest BCUT2D eigenvalue weighted by atomic mass is 10.2. The van der Waals surface area contributed by atoms with Gasteiger partial charge in [-0.05, 0) is 38.3 Å². The van der Waals surface area contributed by atoms with Crippen molar-refractivity contribution in [2.45, 2.75) is 47.2 Å². The summed E-state index contributed by atoms with van der Waals surface area (Å²) in [4.78, 5) is 0. The first-order valence-electron chi connectivity index (χ1n) is 6.52. The Morgan fingerprint density at radius 2 is 2.06 bits per heavy atom. The van der Waals surface area contributed by atoms with Gasteiger partial charge >= 0.3 is 0 Å². The van der Waals surface area contributed by atoms with Gasteiger partial charge in [-0.2, -0.15) is 16.9 Å². The minimum Gasteiger partial charge on any atom is -0.313 e. The molecule has 0 amide bonds. The zero-order valence-corrected chi connectivity index (χ0v) is 12.4. The number of thioether (sulfide) groups is 1. The molecule has 4 heteroatoms. The normalized spacial score (nSPS) is 11.1. The summed E-state index contributed by atoms with van der Waals surface area (Å²) in [6, 6.07) is 0. The van der Waals surface area contributed by atoms with E-state index in [4.69, 9.17) is 0 Å². The fourth-order valence-electron chi connectivity index (χ4n) is 1.92. The molecule has 0 unspecified atom stereocenters. The molecule has 0 saturated carbocycles. The predicted molar refractivity (Wildman–Crippen MR) is 76.7 cm³/mol. The Labute approximate surface area is 109 Å². The van der Waals surface area contributed by atoms with Gasteiger partial charge in [0.15, 0.2) is 0 Å². The highest BCUT2D eigenvalue weighted by Gasteiger charge is 2.10. The SMILES string of the molecule is CCNCc1c(C)nn(CCCSCC)c1C. The highest BCUT2D eigenvalue weighted by Crippen LogP contribution is 2.13. The molecule has 0 aliphatic heterocycles. The summed E-state index contributed by atoms with van der Waals surface area (Å²) in [5, 5.41) is 8.01.